The molecule has 0 atom stereocenters. The average molecular weight is 295 g/mol. The summed E-state index contributed by atoms with van der Waals surface area (Å²) in [6.45, 7) is -0.0386. The molecule has 0 aliphatic carbocycles. The van der Waals surface area contributed by atoms with E-state index in [0.717, 1.165) is 6.07 Å². The van der Waals surface area contributed by atoms with Crippen LogP contribution in [0.3, 0.4) is 0 Å². The molecule has 0 aliphatic rings. The molecule has 7 heteroatoms. The van der Waals surface area contributed by atoms with Gasteiger partial charge in [-0.2, -0.15) is 0 Å². The van der Waals surface area contributed by atoms with Crippen LogP contribution in [0.15, 0.2) is 34.7 Å². The zero-order chi connectivity index (χ0) is 15.4. The molecule has 5 nitrogen and oxygen atoms in total. The highest BCUT2D eigenvalue weighted by Gasteiger charge is 2.13. The van der Waals surface area contributed by atoms with Gasteiger partial charge in [-0.05, 0) is 18.2 Å². The van der Waals surface area contributed by atoms with E-state index in [2.05, 4.69) is 5.32 Å². The third-order valence-electron chi connectivity index (χ3n) is 2.71. The Labute approximate surface area is 118 Å². The lowest BCUT2D eigenvalue weighted by atomic mass is 10.1. The Bertz CT molecular complexity index is 681. The van der Waals surface area contributed by atoms with Gasteiger partial charge in [0.15, 0.2) is 11.6 Å². The fourth-order valence-electron chi connectivity index (χ4n) is 1.69. The lowest BCUT2D eigenvalue weighted by Gasteiger charge is -2.05. The Morgan fingerprint density at radius 3 is 2.62 bits per heavy atom. The maximum Gasteiger partial charge on any atom is 0.371 e. The number of carbonyl (C=O) groups is 2. The number of benzene rings is 1. The number of furan rings is 1. The van der Waals surface area contributed by atoms with Crippen LogP contribution in [0.2, 0.25) is 0 Å². The van der Waals surface area contributed by atoms with Crippen LogP contribution in [0.5, 0.6) is 0 Å². The van der Waals surface area contributed by atoms with Gasteiger partial charge in [0.2, 0.25) is 11.7 Å². The van der Waals surface area contributed by atoms with Crippen molar-refractivity contribution in [2.24, 2.45) is 0 Å². The van der Waals surface area contributed by atoms with Gasteiger partial charge in [0.25, 0.3) is 0 Å². The van der Waals surface area contributed by atoms with Crippen molar-refractivity contribution in [3.8, 4) is 0 Å². The molecule has 2 rings (SSSR count). The zero-order valence-electron chi connectivity index (χ0n) is 10.7. The predicted molar refractivity (Wildman–Crippen MR) is 67.6 cm³/mol. The van der Waals surface area contributed by atoms with Gasteiger partial charge in [-0.1, -0.05) is 12.1 Å². The first-order valence-corrected chi connectivity index (χ1v) is 5.99. The number of carboxylic acids is 1. The first-order chi connectivity index (χ1) is 9.97. The second-order valence-electron chi connectivity index (χ2n) is 4.24. The van der Waals surface area contributed by atoms with Crippen LogP contribution in [-0.2, 0) is 17.8 Å². The Balaban J connectivity index is 1.92. The summed E-state index contributed by atoms with van der Waals surface area (Å²) >= 11 is 0. The first-order valence-electron chi connectivity index (χ1n) is 5.99. The average Bonchev–Trinajstić information content (AvgIpc) is 2.91. The molecule has 0 bridgehead atoms. The van der Waals surface area contributed by atoms with Crippen molar-refractivity contribution < 1.29 is 27.9 Å². The molecule has 21 heavy (non-hydrogen) atoms. The van der Waals surface area contributed by atoms with Crippen LogP contribution in [0.4, 0.5) is 8.78 Å². The minimum atomic E-state index is -1.21. The van der Waals surface area contributed by atoms with Gasteiger partial charge in [0, 0.05) is 5.56 Å². The van der Waals surface area contributed by atoms with Crippen molar-refractivity contribution in [3.63, 3.8) is 0 Å². The van der Waals surface area contributed by atoms with Gasteiger partial charge in [-0.15, -0.1) is 0 Å². The SMILES string of the molecule is O=C(Cc1cccc(F)c1F)NCc1ccc(C(=O)O)o1. The fourth-order valence-corrected chi connectivity index (χ4v) is 1.69. The molecule has 2 aromatic rings. The van der Waals surface area contributed by atoms with Crippen molar-refractivity contribution in [3.05, 3.63) is 59.1 Å². The Kier molecular flexibility index (Phi) is 4.32. The standard InChI is InChI=1S/C14H11F2NO4/c15-10-3-1-2-8(13(10)16)6-12(18)17-7-9-4-5-11(21-9)14(19)20/h1-5H,6-7H2,(H,17,18)(H,19,20). The number of carboxylic acid groups (broad SMARTS) is 1. The van der Waals surface area contributed by atoms with Crippen LogP contribution >= 0.6 is 0 Å². The molecule has 0 saturated heterocycles. The van der Waals surface area contributed by atoms with Crippen LogP contribution in [-0.4, -0.2) is 17.0 Å². The number of hydrogen-bond acceptors (Lipinski definition) is 3. The number of hydrogen-bond donors (Lipinski definition) is 2. The van der Waals surface area contributed by atoms with Gasteiger partial charge >= 0.3 is 5.97 Å². The topological polar surface area (TPSA) is 79.5 Å². The number of nitrogens with one attached hydrogen (secondary N) is 1. The Hall–Kier alpha value is -2.70. The molecule has 0 saturated carbocycles. The maximum atomic E-state index is 13.4. The van der Waals surface area contributed by atoms with Gasteiger partial charge in [0.05, 0.1) is 13.0 Å². The van der Waals surface area contributed by atoms with Crippen molar-refractivity contribution >= 4 is 11.9 Å². The third kappa shape index (κ3) is 3.65. The maximum absolute atomic E-state index is 13.4. The van der Waals surface area contributed by atoms with E-state index in [-0.39, 0.29) is 30.0 Å². The lowest BCUT2D eigenvalue weighted by Crippen LogP contribution is -2.24. The summed E-state index contributed by atoms with van der Waals surface area (Å²) in [5.41, 5.74) is -0.0573. The Morgan fingerprint density at radius 2 is 1.95 bits per heavy atom. The van der Waals surface area contributed by atoms with E-state index in [0.29, 0.717) is 0 Å². The van der Waals surface area contributed by atoms with Crippen LogP contribution < -0.4 is 5.32 Å². The molecule has 0 spiro atoms. The van der Waals surface area contributed by atoms with E-state index in [9.17, 15) is 18.4 Å². The largest absolute Gasteiger partial charge is 0.475 e. The first kappa shape index (κ1) is 14.7. The second-order valence-corrected chi connectivity index (χ2v) is 4.24. The minimum Gasteiger partial charge on any atom is -0.475 e. The number of amides is 1. The second kappa shape index (κ2) is 6.17. The summed E-state index contributed by atoms with van der Waals surface area (Å²) in [6.07, 6.45) is -0.323. The van der Waals surface area contributed by atoms with Crippen molar-refractivity contribution in [2.75, 3.05) is 0 Å². The minimum absolute atomic E-state index is 0.0386. The van der Waals surface area contributed by atoms with E-state index in [1.165, 1.54) is 24.3 Å². The van der Waals surface area contributed by atoms with E-state index >= 15 is 0 Å². The molecular weight excluding hydrogens is 284 g/mol. The highest BCUT2D eigenvalue weighted by molar-refractivity contribution is 5.84. The van der Waals surface area contributed by atoms with Crippen molar-refractivity contribution in [1.29, 1.82) is 0 Å². The van der Waals surface area contributed by atoms with E-state index < -0.39 is 23.5 Å². The third-order valence-corrected chi connectivity index (χ3v) is 2.71. The molecule has 0 fully saturated rings. The van der Waals surface area contributed by atoms with Gasteiger partial charge in [-0.25, -0.2) is 13.6 Å². The zero-order valence-corrected chi connectivity index (χ0v) is 10.7. The molecule has 1 amide bonds. The van der Waals surface area contributed by atoms with Crippen LogP contribution in [0, 0.1) is 11.6 Å². The van der Waals surface area contributed by atoms with Crippen molar-refractivity contribution in [1.82, 2.24) is 5.32 Å². The van der Waals surface area contributed by atoms with Crippen molar-refractivity contribution in [2.45, 2.75) is 13.0 Å². The smallest absolute Gasteiger partial charge is 0.371 e. The summed E-state index contributed by atoms with van der Waals surface area (Å²) in [4.78, 5) is 22.2. The van der Waals surface area contributed by atoms with Gasteiger partial charge in [-0.3, -0.25) is 4.79 Å². The highest BCUT2D eigenvalue weighted by Crippen LogP contribution is 2.12. The molecule has 1 aromatic carbocycles. The lowest BCUT2D eigenvalue weighted by molar-refractivity contribution is -0.120. The summed E-state index contributed by atoms with van der Waals surface area (Å²) in [5, 5.41) is 11.1. The predicted octanol–water partition coefficient (Wildman–Crippen LogP) is 2.11. The molecule has 0 radical (unpaired) electrons. The number of aromatic carboxylic acids is 1. The molecule has 2 N–H and O–H groups in total. The van der Waals surface area contributed by atoms with Crippen LogP contribution in [0.25, 0.3) is 0 Å². The molecule has 0 aliphatic heterocycles. The summed E-state index contributed by atoms with van der Waals surface area (Å²) in [5.74, 6) is -3.81. The molecular formula is C14H11F2NO4. The fraction of sp³-hybridized carbons (Fsp3) is 0.143. The van der Waals surface area contributed by atoms with E-state index in [1.807, 2.05) is 0 Å². The molecule has 110 valence electrons. The number of rotatable bonds is 5. The van der Waals surface area contributed by atoms with E-state index in [1.54, 1.807) is 0 Å². The van der Waals surface area contributed by atoms with Gasteiger partial charge < -0.3 is 14.8 Å². The molecule has 0 unspecified atom stereocenters. The summed E-state index contributed by atoms with van der Waals surface area (Å²) in [6, 6.07) is 6.26. The summed E-state index contributed by atoms with van der Waals surface area (Å²) < 4.78 is 31.3. The van der Waals surface area contributed by atoms with E-state index in [4.69, 9.17) is 9.52 Å². The molecule has 1 heterocycles. The molecule has 1 aromatic heterocycles. The Morgan fingerprint density at radius 1 is 1.19 bits per heavy atom. The monoisotopic (exact) mass is 295 g/mol. The summed E-state index contributed by atoms with van der Waals surface area (Å²) in [7, 11) is 0. The van der Waals surface area contributed by atoms with Crippen LogP contribution in [0.1, 0.15) is 21.9 Å². The normalized spacial score (nSPS) is 10.4. The highest BCUT2D eigenvalue weighted by atomic mass is 19.2. The number of halogens is 2. The quantitative estimate of drug-likeness (QED) is 0.885. The number of carbonyl (C=O) groups excluding carboxylic acids is 1. The van der Waals surface area contributed by atoms with Gasteiger partial charge in [0.1, 0.15) is 5.76 Å².